The van der Waals surface area contributed by atoms with E-state index in [0.717, 1.165) is 51.4 Å². The maximum atomic E-state index is 12.0. The summed E-state index contributed by atoms with van der Waals surface area (Å²) in [4.78, 5) is 57.8. The van der Waals surface area contributed by atoms with E-state index in [1.807, 2.05) is 0 Å². The zero-order chi connectivity index (χ0) is 38.2. The Morgan fingerprint density at radius 2 is 0.731 bits per heavy atom. The van der Waals surface area contributed by atoms with E-state index in [1.165, 1.54) is 51.4 Å². The third-order valence-corrected chi connectivity index (χ3v) is 8.15. The first-order valence-corrected chi connectivity index (χ1v) is 19.9. The largest absolute Gasteiger partial charge is 0.481 e. The number of rotatable bonds is 40. The van der Waals surface area contributed by atoms with E-state index in [1.54, 1.807) is 0 Å². The molecule has 0 rings (SSSR count). The summed E-state index contributed by atoms with van der Waals surface area (Å²) >= 11 is 0. The van der Waals surface area contributed by atoms with Crippen molar-refractivity contribution in [1.82, 2.24) is 21.3 Å². The van der Waals surface area contributed by atoms with Crippen molar-refractivity contribution in [3.8, 4) is 0 Å². The number of aliphatic carboxylic acids is 1. The molecule has 0 bridgehead atoms. The molecule has 304 valence electrons. The van der Waals surface area contributed by atoms with Crippen LogP contribution in [0.5, 0.6) is 0 Å². The molecule has 0 heterocycles. The second-order valence-electron chi connectivity index (χ2n) is 13.0. The van der Waals surface area contributed by atoms with Crippen LogP contribution in [0, 0.1) is 0 Å². The minimum absolute atomic E-state index is 0.00930. The van der Waals surface area contributed by atoms with Gasteiger partial charge in [0.05, 0.1) is 39.6 Å². The van der Waals surface area contributed by atoms with Gasteiger partial charge in [-0.15, -0.1) is 0 Å². The molecule has 0 saturated carbocycles. The van der Waals surface area contributed by atoms with Gasteiger partial charge in [-0.1, -0.05) is 90.4 Å². The van der Waals surface area contributed by atoms with Crippen molar-refractivity contribution in [2.75, 3.05) is 79.0 Å². The van der Waals surface area contributed by atoms with Crippen LogP contribution in [0.2, 0.25) is 0 Å². The van der Waals surface area contributed by atoms with Crippen LogP contribution in [-0.4, -0.2) is 114 Å². The topological polar surface area (TPSA) is 191 Å². The van der Waals surface area contributed by atoms with Gasteiger partial charge >= 0.3 is 5.97 Å². The van der Waals surface area contributed by atoms with Crippen LogP contribution in [-0.2, 0) is 42.9 Å². The molecule has 0 spiro atoms. The summed E-state index contributed by atoms with van der Waals surface area (Å²) in [5.74, 6) is -1.13. The fraction of sp³-hybridized carbons (Fsp3) is 0.868. The SMILES string of the molecule is CCCCNC(=O)COCCOCCNC(=O)COCCOCCNC(=O)CCCNC(=O)CCCCCCCCCCCCCCCCC(=O)O. The monoisotopic (exact) mass is 745 g/mol. The fourth-order valence-corrected chi connectivity index (χ4v) is 5.14. The first-order chi connectivity index (χ1) is 25.3. The van der Waals surface area contributed by atoms with Crippen LogP contribution in [0.25, 0.3) is 0 Å². The molecule has 14 nitrogen and oxygen atoms in total. The van der Waals surface area contributed by atoms with Gasteiger partial charge < -0.3 is 45.3 Å². The molecule has 5 N–H and O–H groups in total. The number of carboxylic acid groups (broad SMARTS) is 1. The fourth-order valence-electron chi connectivity index (χ4n) is 5.14. The van der Waals surface area contributed by atoms with Crippen molar-refractivity contribution in [1.29, 1.82) is 0 Å². The third-order valence-electron chi connectivity index (χ3n) is 8.15. The Bertz CT molecular complexity index is 894. The van der Waals surface area contributed by atoms with Crippen molar-refractivity contribution in [2.24, 2.45) is 0 Å². The molecule has 0 aromatic carbocycles. The van der Waals surface area contributed by atoms with E-state index in [-0.39, 0.29) is 43.4 Å². The first kappa shape index (κ1) is 49.2. The average Bonchev–Trinajstić information content (AvgIpc) is 3.12. The second-order valence-corrected chi connectivity index (χ2v) is 13.0. The number of nitrogens with one attached hydrogen (secondary N) is 4. The van der Waals surface area contributed by atoms with Crippen LogP contribution >= 0.6 is 0 Å². The number of carboxylic acids is 1. The van der Waals surface area contributed by atoms with Gasteiger partial charge in [0.15, 0.2) is 0 Å². The van der Waals surface area contributed by atoms with Gasteiger partial charge in [-0.25, -0.2) is 0 Å². The molecule has 0 unspecified atom stereocenters. The van der Waals surface area contributed by atoms with Crippen molar-refractivity contribution >= 4 is 29.6 Å². The maximum Gasteiger partial charge on any atom is 0.303 e. The highest BCUT2D eigenvalue weighted by molar-refractivity contribution is 5.78. The Labute approximate surface area is 312 Å². The number of hydrogen-bond donors (Lipinski definition) is 5. The highest BCUT2D eigenvalue weighted by atomic mass is 16.5. The molecular formula is C38H72N4O10. The molecule has 0 aliphatic rings. The number of amides is 4. The van der Waals surface area contributed by atoms with Crippen LogP contribution in [0.15, 0.2) is 0 Å². The van der Waals surface area contributed by atoms with Crippen LogP contribution in [0.1, 0.15) is 135 Å². The number of ether oxygens (including phenoxy) is 4. The lowest BCUT2D eigenvalue weighted by Gasteiger charge is -2.09. The highest BCUT2D eigenvalue weighted by Crippen LogP contribution is 2.13. The summed E-state index contributed by atoms with van der Waals surface area (Å²) in [5, 5.41) is 19.8. The normalized spacial score (nSPS) is 10.9. The van der Waals surface area contributed by atoms with E-state index < -0.39 is 5.97 Å². The number of unbranched alkanes of at least 4 members (excludes halogenated alkanes) is 14. The smallest absolute Gasteiger partial charge is 0.303 e. The van der Waals surface area contributed by atoms with Gasteiger partial charge in [-0.05, 0) is 25.7 Å². The molecular weight excluding hydrogens is 672 g/mol. The van der Waals surface area contributed by atoms with Crippen molar-refractivity contribution in [3.63, 3.8) is 0 Å². The van der Waals surface area contributed by atoms with Gasteiger partial charge in [0, 0.05) is 45.4 Å². The minimum Gasteiger partial charge on any atom is -0.481 e. The minimum atomic E-state index is -0.693. The Kier molecular flexibility index (Phi) is 37.3. The zero-order valence-corrected chi connectivity index (χ0v) is 32.2. The molecule has 0 aromatic heterocycles. The number of carbonyl (C=O) groups is 5. The van der Waals surface area contributed by atoms with E-state index in [2.05, 4.69) is 28.2 Å². The summed E-state index contributed by atoms with van der Waals surface area (Å²) in [6.07, 6.45) is 19.9. The molecule has 14 heteroatoms. The Hall–Kier alpha value is -2.81. The molecule has 0 fully saturated rings. The van der Waals surface area contributed by atoms with Gasteiger partial charge in [0.25, 0.3) is 0 Å². The first-order valence-electron chi connectivity index (χ1n) is 19.9. The van der Waals surface area contributed by atoms with Crippen LogP contribution < -0.4 is 21.3 Å². The molecule has 0 aliphatic carbocycles. The summed E-state index contributed by atoms with van der Waals surface area (Å²) in [5.41, 5.74) is 0. The molecule has 0 aromatic rings. The predicted octanol–water partition coefficient (Wildman–Crippen LogP) is 4.42. The molecule has 0 aliphatic heterocycles. The zero-order valence-electron chi connectivity index (χ0n) is 32.2. The van der Waals surface area contributed by atoms with Gasteiger partial charge in [0.1, 0.15) is 13.2 Å². The number of carbonyl (C=O) groups excluding carboxylic acids is 4. The Morgan fingerprint density at radius 1 is 0.385 bits per heavy atom. The molecule has 4 amide bonds. The standard InChI is InChI=1S/C38H72N4O10/c1-2-3-22-40-36(45)32-51-30-29-50-27-25-42-37(46)33-52-31-28-49-26-24-41-35(44)20-18-23-39-34(43)19-16-14-12-10-8-6-4-5-7-9-11-13-15-17-21-38(47)48/h2-33H2,1H3,(H,39,43)(H,40,45)(H,41,44)(H,42,46)(H,47,48). The van der Waals surface area contributed by atoms with Crippen LogP contribution in [0.3, 0.4) is 0 Å². The predicted molar refractivity (Wildman–Crippen MR) is 201 cm³/mol. The summed E-state index contributed by atoms with van der Waals surface area (Å²) in [6.45, 7) is 5.69. The highest BCUT2D eigenvalue weighted by Gasteiger charge is 2.05. The Balaban J connectivity index is 3.36. The van der Waals surface area contributed by atoms with E-state index in [4.69, 9.17) is 24.1 Å². The maximum absolute atomic E-state index is 12.0. The van der Waals surface area contributed by atoms with Crippen LogP contribution in [0.4, 0.5) is 0 Å². The van der Waals surface area contributed by atoms with Gasteiger partial charge in [0.2, 0.25) is 23.6 Å². The molecule has 0 atom stereocenters. The van der Waals surface area contributed by atoms with Gasteiger partial charge in [-0.3, -0.25) is 24.0 Å². The lowest BCUT2D eigenvalue weighted by molar-refractivity contribution is -0.137. The lowest BCUT2D eigenvalue weighted by Crippen LogP contribution is -2.32. The molecule has 0 radical (unpaired) electrons. The van der Waals surface area contributed by atoms with Crippen molar-refractivity contribution in [3.05, 3.63) is 0 Å². The Morgan fingerprint density at radius 3 is 1.19 bits per heavy atom. The molecule has 52 heavy (non-hydrogen) atoms. The quantitative estimate of drug-likeness (QED) is 0.0562. The van der Waals surface area contributed by atoms with Crippen molar-refractivity contribution < 1.29 is 48.0 Å². The molecule has 0 saturated heterocycles. The van der Waals surface area contributed by atoms with E-state index in [9.17, 15) is 24.0 Å². The van der Waals surface area contributed by atoms with Gasteiger partial charge in [-0.2, -0.15) is 0 Å². The third kappa shape index (κ3) is 40.0. The average molecular weight is 745 g/mol. The second kappa shape index (κ2) is 39.4. The summed E-state index contributed by atoms with van der Waals surface area (Å²) in [7, 11) is 0. The van der Waals surface area contributed by atoms with Crippen molar-refractivity contribution in [2.45, 2.75) is 135 Å². The van der Waals surface area contributed by atoms with E-state index in [0.29, 0.717) is 84.9 Å². The lowest BCUT2D eigenvalue weighted by atomic mass is 10.0. The van der Waals surface area contributed by atoms with E-state index >= 15 is 0 Å². The summed E-state index contributed by atoms with van der Waals surface area (Å²) in [6, 6.07) is 0. The summed E-state index contributed by atoms with van der Waals surface area (Å²) < 4.78 is 21.3. The number of hydrogen-bond acceptors (Lipinski definition) is 9.